The number of hydrogen-bond donors (Lipinski definition) is 1. The molecule has 3 aromatic rings. The molecule has 0 saturated carbocycles. The van der Waals surface area contributed by atoms with Crippen molar-refractivity contribution in [1.29, 1.82) is 5.26 Å². The summed E-state index contributed by atoms with van der Waals surface area (Å²) < 4.78 is 5.76. The SMILES string of the molecule is CC(C)Oc1ccccc1/C=C(\C#N)C(=O)c1c[nH]c2ccccc12. The Balaban J connectivity index is 2.02. The number of carbonyl (C=O) groups excluding carboxylic acids is 1. The molecule has 0 unspecified atom stereocenters. The predicted molar refractivity (Wildman–Crippen MR) is 98.4 cm³/mol. The van der Waals surface area contributed by atoms with Gasteiger partial charge < -0.3 is 9.72 Å². The van der Waals surface area contributed by atoms with Gasteiger partial charge in [0.1, 0.15) is 17.4 Å². The summed E-state index contributed by atoms with van der Waals surface area (Å²) in [6.45, 7) is 3.87. The summed E-state index contributed by atoms with van der Waals surface area (Å²) in [5, 5.41) is 10.3. The Labute approximate surface area is 146 Å². The highest BCUT2D eigenvalue weighted by Crippen LogP contribution is 2.25. The normalized spacial score (nSPS) is 11.5. The Morgan fingerprint density at radius 2 is 1.88 bits per heavy atom. The van der Waals surface area contributed by atoms with Gasteiger partial charge in [-0.05, 0) is 32.1 Å². The number of ether oxygens (including phenoxy) is 1. The van der Waals surface area contributed by atoms with E-state index in [9.17, 15) is 10.1 Å². The number of rotatable bonds is 5. The maximum Gasteiger partial charge on any atom is 0.205 e. The molecule has 3 rings (SSSR count). The zero-order chi connectivity index (χ0) is 17.8. The molecule has 1 heterocycles. The van der Waals surface area contributed by atoms with Crippen LogP contribution in [0.25, 0.3) is 17.0 Å². The van der Waals surface area contributed by atoms with Crippen LogP contribution in [0.1, 0.15) is 29.8 Å². The van der Waals surface area contributed by atoms with Crippen molar-refractivity contribution in [1.82, 2.24) is 4.98 Å². The number of ketones is 1. The molecule has 4 heteroatoms. The van der Waals surface area contributed by atoms with Gasteiger partial charge in [0.25, 0.3) is 0 Å². The van der Waals surface area contributed by atoms with E-state index in [1.807, 2.05) is 68.4 Å². The van der Waals surface area contributed by atoms with Gasteiger partial charge in [-0.25, -0.2) is 0 Å². The Morgan fingerprint density at radius 3 is 2.64 bits per heavy atom. The van der Waals surface area contributed by atoms with Crippen LogP contribution in [0, 0.1) is 11.3 Å². The summed E-state index contributed by atoms with van der Waals surface area (Å²) in [5.41, 5.74) is 2.14. The zero-order valence-corrected chi connectivity index (χ0v) is 14.1. The van der Waals surface area contributed by atoms with Crippen molar-refractivity contribution in [3.05, 3.63) is 71.4 Å². The van der Waals surface area contributed by atoms with E-state index in [1.165, 1.54) is 0 Å². The van der Waals surface area contributed by atoms with Gasteiger partial charge in [0, 0.05) is 28.2 Å². The van der Waals surface area contributed by atoms with Crippen LogP contribution in [0.2, 0.25) is 0 Å². The molecule has 0 aliphatic carbocycles. The highest BCUT2D eigenvalue weighted by molar-refractivity contribution is 6.19. The second kappa shape index (κ2) is 7.06. The summed E-state index contributed by atoms with van der Waals surface area (Å²) in [6.07, 6.45) is 3.24. The molecule has 0 spiro atoms. The van der Waals surface area contributed by atoms with E-state index in [0.29, 0.717) is 16.9 Å². The van der Waals surface area contributed by atoms with Crippen molar-refractivity contribution >= 4 is 22.8 Å². The van der Waals surface area contributed by atoms with Gasteiger partial charge in [-0.1, -0.05) is 36.4 Å². The van der Waals surface area contributed by atoms with E-state index in [1.54, 1.807) is 12.3 Å². The average Bonchev–Trinajstić information content (AvgIpc) is 3.04. The molecule has 1 N–H and O–H groups in total. The summed E-state index contributed by atoms with van der Waals surface area (Å²) in [5.74, 6) is 0.344. The van der Waals surface area contributed by atoms with Gasteiger partial charge in [0.05, 0.1) is 6.10 Å². The average molecular weight is 330 g/mol. The minimum absolute atomic E-state index is 0.00408. The molecule has 0 fully saturated rings. The lowest BCUT2D eigenvalue weighted by Gasteiger charge is -2.12. The lowest BCUT2D eigenvalue weighted by Crippen LogP contribution is -2.07. The maximum absolute atomic E-state index is 12.8. The van der Waals surface area contributed by atoms with Gasteiger partial charge in [0.2, 0.25) is 5.78 Å². The van der Waals surface area contributed by atoms with Crippen LogP contribution in [-0.2, 0) is 0 Å². The molecular weight excluding hydrogens is 312 g/mol. The van der Waals surface area contributed by atoms with E-state index in [4.69, 9.17) is 4.74 Å². The molecule has 124 valence electrons. The van der Waals surface area contributed by atoms with Gasteiger partial charge in [-0.15, -0.1) is 0 Å². The molecule has 0 aliphatic rings. The number of nitrogens with zero attached hydrogens (tertiary/aromatic N) is 1. The van der Waals surface area contributed by atoms with E-state index in [-0.39, 0.29) is 17.5 Å². The number of aromatic amines is 1. The molecule has 0 amide bonds. The fraction of sp³-hybridized carbons (Fsp3) is 0.143. The van der Waals surface area contributed by atoms with E-state index in [0.717, 1.165) is 10.9 Å². The number of H-pyrrole nitrogens is 1. The molecule has 0 radical (unpaired) electrons. The van der Waals surface area contributed by atoms with Gasteiger partial charge in [-0.3, -0.25) is 4.79 Å². The topological polar surface area (TPSA) is 65.9 Å². The summed E-state index contributed by atoms with van der Waals surface area (Å²) in [6, 6.07) is 16.9. The number of benzene rings is 2. The molecule has 25 heavy (non-hydrogen) atoms. The number of para-hydroxylation sites is 2. The number of nitrogens with one attached hydrogen (secondary N) is 1. The van der Waals surface area contributed by atoms with Crippen molar-refractivity contribution in [2.75, 3.05) is 0 Å². The highest BCUT2D eigenvalue weighted by Gasteiger charge is 2.17. The second-order valence-corrected chi connectivity index (χ2v) is 5.95. The third kappa shape index (κ3) is 3.46. The van der Waals surface area contributed by atoms with Crippen LogP contribution in [-0.4, -0.2) is 16.9 Å². The molecule has 0 aliphatic heterocycles. The standard InChI is InChI=1S/C21H18N2O2/c1-14(2)25-20-10-6-3-7-15(20)11-16(12-22)21(24)18-13-23-19-9-5-4-8-17(18)19/h3-11,13-14,23H,1-2H3/b16-11+. The zero-order valence-electron chi connectivity index (χ0n) is 14.1. The van der Waals surface area contributed by atoms with Crippen LogP contribution < -0.4 is 4.74 Å². The Morgan fingerprint density at radius 1 is 1.16 bits per heavy atom. The number of Topliss-reactive ketones (excluding diaryl/α,β-unsaturated/α-hetero) is 1. The van der Waals surface area contributed by atoms with Crippen molar-refractivity contribution in [3.63, 3.8) is 0 Å². The molecule has 0 saturated heterocycles. The first-order valence-corrected chi connectivity index (χ1v) is 8.08. The van der Waals surface area contributed by atoms with Gasteiger partial charge in [0.15, 0.2) is 0 Å². The number of carbonyl (C=O) groups is 1. The van der Waals surface area contributed by atoms with Crippen molar-refractivity contribution in [2.45, 2.75) is 20.0 Å². The minimum Gasteiger partial charge on any atom is -0.490 e. The highest BCUT2D eigenvalue weighted by atomic mass is 16.5. The fourth-order valence-electron chi connectivity index (χ4n) is 2.67. The summed E-state index contributed by atoms with van der Waals surface area (Å²) >= 11 is 0. The Kier molecular flexibility index (Phi) is 4.67. The van der Waals surface area contributed by atoms with Crippen LogP contribution in [0.4, 0.5) is 0 Å². The molecule has 1 aromatic heterocycles. The maximum atomic E-state index is 12.8. The number of nitriles is 1. The number of fused-ring (bicyclic) bond motifs is 1. The largest absolute Gasteiger partial charge is 0.490 e. The number of allylic oxidation sites excluding steroid dienone is 1. The molecular formula is C21H18N2O2. The number of hydrogen-bond acceptors (Lipinski definition) is 3. The first-order chi connectivity index (χ1) is 12.1. The molecule has 0 atom stereocenters. The predicted octanol–water partition coefficient (Wildman–Crippen LogP) is 4.74. The van der Waals surface area contributed by atoms with Gasteiger partial charge >= 0.3 is 0 Å². The molecule has 0 bridgehead atoms. The molecule has 4 nitrogen and oxygen atoms in total. The van der Waals surface area contributed by atoms with E-state index >= 15 is 0 Å². The van der Waals surface area contributed by atoms with Crippen molar-refractivity contribution < 1.29 is 9.53 Å². The number of aromatic nitrogens is 1. The first-order valence-electron chi connectivity index (χ1n) is 8.08. The lowest BCUT2D eigenvalue weighted by atomic mass is 10.0. The third-order valence-corrected chi connectivity index (χ3v) is 3.78. The minimum atomic E-state index is -0.306. The van der Waals surface area contributed by atoms with Crippen LogP contribution in [0.15, 0.2) is 60.3 Å². The quantitative estimate of drug-likeness (QED) is 0.417. The second-order valence-electron chi connectivity index (χ2n) is 5.95. The summed E-state index contributed by atoms with van der Waals surface area (Å²) in [7, 11) is 0. The van der Waals surface area contributed by atoms with Crippen molar-refractivity contribution in [2.24, 2.45) is 0 Å². The van der Waals surface area contributed by atoms with Crippen molar-refractivity contribution in [3.8, 4) is 11.8 Å². The van der Waals surface area contributed by atoms with Crippen LogP contribution in [0.3, 0.4) is 0 Å². The smallest absolute Gasteiger partial charge is 0.205 e. The Hall–Kier alpha value is -3.32. The van der Waals surface area contributed by atoms with E-state index in [2.05, 4.69) is 4.98 Å². The van der Waals surface area contributed by atoms with Crippen LogP contribution in [0.5, 0.6) is 5.75 Å². The van der Waals surface area contributed by atoms with Crippen LogP contribution >= 0.6 is 0 Å². The first kappa shape index (κ1) is 16.5. The monoisotopic (exact) mass is 330 g/mol. The van der Waals surface area contributed by atoms with E-state index < -0.39 is 0 Å². The lowest BCUT2D eigenvalue weighted by molar-refractivity contribution is 0.104. The van der Waals surface area contributed by atoms with Gasteiger partial charge in [-0.2, -0.15) is 5.26 Å². The molecule has 2 aromatic carbocycles. The third-order valence-electron chi connectivity index (χ3n) is 3.78. The Bertz CT molecular complexity index is 990. The summed E-state index contributed by atoms with van der Waals surface area (Å²) in [4.78, 5) is 15.9. The fourth-order valence-corrected chi connectivity index (χ4v) is 2.67.